The molecule has 8 nitrogen and oxygen atoms in total. The van der Waals surface area contributed by atoms with Crippen molar-refractivity contribution in [2.24, 2.45) is 0 Å². The van der Waals surface area contributed by atoms with Gasteiger partial charge in [-0.15, -0.1) is 0 Å². The van der Waals surface area contributed by atoms with Gasteiger partial charge in [-0.1, -0.05) is 0 Å². The lowest BCUT2D eigenvalue weighted by atomic mass is 9.77. The zero-order valence-electron chi connectivity index (χ0n) is 15.2. The molecule has 0 amide bonds. The molecular formula is C16H24BN3O5. The summed E-state index contributed by atoms with van der Waals surface area (Å²) in [5.74, 6) is 0.200. The molecule has 2 N–H and O–H groups in total. The van der Waals surface area contributed by atoms with Crippen molar-refractivity contribution in [1.82, 2.24) is 4.98 Å². The SMILES string of the molecule is CC1(C)OB(c2cnc(N[C@H]3C[C@@](C)(O)C3)c([N+](=O)[O-])c2)OC1(C)C. The van der Waals surface area contributed by atoms with Crippen LogP contribution in [0.1, 0.15) is 47.5 Å². The molecule has 0 unspecified atom stereocenters. The maximum absolute atomic E-state index is 11.5. The highest BCUT2D eigenvalue weighted by molar-refractivity contribution is 6.62. The van der Waals surface area contributed by atoms with Gasteiger partial charge in [-0.05, 0) is 47.5 Å². The summed E-state index contributed by atoms with van der Waals surface area (Å²) in [6.45, 7) is 9.44. The second kappa shape index (κ2) is 5.65. The van der Waals surface area contributed by atoms with Crippen LogP contribution < -0.4 is 10.8 Å². The predicted octanol–water partition coefficient (Wildman–Crippen LogP) is 1.61. The van der Waals surface area contributed by atoms with E-state index in [1.54, 1.807) is 6.92 Å². The molecule has 0 aromatic carbocycles. The quantitative estimate of drug-likeness (QED) is 0.483. The molecule has 1 aliphatic heterocycles. The normalized spacial score (nSPS) is 30.0. The van der Waals surface area contributed by atoms with Crippen LogP contribution in [-0.2, 0) is 9.31 Å². The van der Waals surface area contributed by atoms with Gasteiger partial charge < -0.3 is 19.7 Å². The minimum Gasteiger partial charge on any atom is -0.399 e. The summed E-state index contributed by atoms with van der Waals surface area (Å²) in [5, 5.41) is 24.3. The van der Waals surface area contributed by atoms with E-state index in [1.807, 2.05) is 27.7 Å². The molecule has 0 atom stereocenters. The van der Waals surface area contributed by atoms with Gasteiger partial charge >= 0.3 is 12.8 Å². The summed E-state index contributed by atoms with van der Waals surface area (Å²) >= 11 is 0. The Kier molecular flexibility index (Phi) is 4.09. The fourth-order valence-electron chi connectivity index (χ4n) is 3.12. The number of hydrogen-bond acceptors (Lipinski definition) is 7. The first-order chi connectivity index (χ1) is 11.4. The maximum Gasteiger partial charge on any atom is 0.496 e. The number of nitro groups is 1. The molecule has 1 saturated carbocycles. The highest BCUT2D eigenvalue weighted by Crippen LogP contribution is 2.37. The molecule has 1 aliphatic carbocycles. The molecule has 2 fully saturated rings. The number of aromatic nitrogens is 1. The minimum atomic E-state index is -0.713. The van der Waals surface area contributed by atoms with Crippen molar-refractivity contribution in [1.29, 1.82) is 0 Å². The third-order valence-corrected chi connectivity index (χ3v) is 5.32. The smallest absolute Gasteiger partial charge is 0.399 e. The Morgan fingerprint density at radius 2 is 1.84 bits per heavy atom. The summed E-state index contributed by atoms with van der Waals surface area (Å²) in [6, 6.07) is 1.41. The monoisotopic (exact) mass is 349 g/mol. The highest BCUT2D eigenvalue weighted by Gasteiger charge is 2.52. The fourth-order valence-corrected chi connectivity index (χ4v) is 3.12. The van der Waals surface area contributed by atoms with Crippen molar-refractivity contribution in [3.8, 4) is 0 Å². The van der Waals surface area contributed by atoms with E-state index in [0.717, 1.165) is 0 Å². The Morgan fingerprint density at radius 3 is 2.32 bits per heavy atom. The molecule has 136 valence electrons. The van der Waals surface area contributed by atoms with Crippen molar-refractivity contribution in [2.45, 2.75) is 70.3 Å². The molecule has 0 spiro atoms. The van der Waals surface area contributed by atoms with E-state index in [-0.39, 0.29) is 17.5 Å². The number of hydrogen-bond donors (Lipinski definition) is 2. The zero-order chi connectivity index (χ0) is 18.6. The van der Waals surface area contributed by atoms with Crippen LogP contribution in [-0.4, -0.2) is 45.0 Å². The molecule has 9 heteroatoms. The molecule has 1 saturated heterocycles. The molecular weight excluding hydrogens is 325 g/mol. The number of rotatable bonds is 4. The average molecular weight is 349 g/mol. The van der Waals surface area contributed by atoms with Crippen molar-refractivity contribution >= 4 is 24.1 Å². The van der Waals surface area contributed by atoms with Crippen LogP contribution in [0.15, 0.2) is 12.3 Å². The first-order valence-electron chi connectivity index (χ1n) is 8.39. The molecule has 2 aliphatic rings. The van der Waals surface area contributed by atoms with E-state index >= 15 is 0 Å². The minimum absolute atomic E-state index is 0.0242. The number of pyridine rings is 1. The van der Waals surface area contributed by atoms with E-state index in [0.29, 0.717) is 18.3 Å². The van der Waals surface area contributed by atoms with Crippen molar-refractivity contribution < 1.29 is 19.3 Å². The summed E-state index contributed by atoms with van der Waals surface area (Å²) < 4.78 is 11.9. The molecule has 2 heterocycles. The molecule has 1 aromatic heterocycles. The predicted molar refractivity (Wildman–Crippen MR) is 93.9 cm³/mol. The van der Waals surface area contributed by atoms with E-state index in [2.05, 4.69) is 10.3 Å². The Balaban J connectivity index is 1.82. The lowest BCUT2D eigenvalue weighted by Gasteiger charge is -2.41. The second-order valence-corrected chi connectivity index (χ2v) is 8.23. The summed E-state index contributed by atoms with van der Waals surface area (Å²) in [6.07, 6.45) is 2.60. The van der Waals surface area contributed by atoms with E-state index in [9.17, 15) is 15.2 Å². The van der Waals surface area contributed by atoms with Crippen LogP contribution in [0.25, 0.3) is 0 Å². The Hall–Kier alpha value is -1.71. The number of nitrogens with one attached hydrogen (secondary N) is 1. The van der Waals surface area contributed by atoms with Gasteiger partial charge in [0.2, 0.25) is 5.82 Å². The Bertz CT molecular complexity index is 683. The molecule has 0 radical (unpaired) electrons. The van der Waals surface area contributed by atoms with Gasteiger partial charge in [-0.2, -0.15) is 0 Å². The standard InChI is InChI=1S/C16H24BN3O5/c1-14(2)15(3,4)25-17(24-14)10-6-12(20(22)23)13(18-9-10)19-11-7-16(5,21)8-11/h6,9,11,21H,7-8H2,1-5H3,(H,18,19)/t11-,16+. The van der Waals surface area contributed by atoms with Crippen LogP contribution in [0.3, 0.4) is 0 Å². The summed E-state index contributed by atoms with van der Waals surface area (Å²) in [7, 11) is -0.699. The van der Waals surface area contributed by atoms with Gasteiger partial charge in [0.25, 0.3) is 0 Å². The maximum atomic E-state index is 11.5. The topological polar surface area (TPSA) is 107 Å². The van der Waals surface area contributed by atoms with Gasteiger partial charge in [0.05, 0.1) is 21.7 Å². The first-order valence-corrected chi connectivity index (χ1v) is 8.39. The van der Waals surface area contributed by atoms with Gasteiger partial charge in [0.15, 0.2) is 0 Å². The van der Waals surface area contributed by atoms with Gasteiger partial charge in [-0.3, -0.25) is 10.1 Å². The largest absolute Gasteiger partial charge is 0.496 e. The molecule has 0 bridgehead atoms. The van der Waals surface area contributed by atoms with E-state index in [4.69, 9.17) is 9.31 Å². The molecule has 25 heavy (non-hydrogen) atoms. The van der Waals surface area contributed by atoms with Crippen LogP contribution in [0, 0.1) is 10.1 Å². The Morgan fingerprint density at radius 1 is 1.28 bits per heavy atom. The number of nitrogens with zero attached hydrogens (tertiary/aromatic N) is 2. The van der Waals surface area contributed by atoms with E-state index in [1.165, 1.54) is 12.3 Å². The zero-order valence-corrected chi connectivity index (χ0v) is 15.2. The highest BCUT2D eigenvalue weighted by atomic mass is 16.7. The van der Waals surface area contributed by atoms with Gasteiger partial charge in [-0.25, -0.2) is 4.98 Å². The van der Waals surface area contributed by atoms with Crippen molar-refractivity contribution in [2.75, 3.05) is 5.32 Å². The number of anilines is 1. The van der Waals surface area contributed by atoms with Crippen LogP contribution in [0.2, 0.25) is 0 Å². The third kappa shape index (κ3) is 3.36. The first kappa shape index (κ1) is 18.1. The second-order valence-electron chi connectivity index (χ2n) is 8.23. The summed E-state index contributed by atoms with van der Waals surface area (Å²) in [5.41, 5.74) is -1.38. The van der Waals surface area contributed by atoms with E-state index < -0.39 is 28.8 Å². The fraction of sp³-hybridized carbons (Fsp3) is 0.688. The van der Waals surface area contributed by atoms with Crippen molar-refractivity contribution in [3.05, 3.63) is 22.4 Å². The Labute approximate surface area is 147 Å². The van der Waals surface area contributed by atoms with Crippen LogP contribution in [0.4, 0.5) is 11.5 Å². The third-order valence-electron chi connectivity index (χ3n) is 5.32. The van der Waals surface area contributed by atoms with Gasteiger partial charge in [0, 0.05) is 23.8 Å². The number of aliphatic hydroxyl groups is 1. The lowest BCUT2D eigenvalue weighted by Crippen LogP contribution is -2.48. The van der Waals surface area contributed by atoms with Crippen LogP contribution in [0.5, 0.6) is 0 Å². The van der Waals surface area contributed by atoms with Gasteiger partial charge in [0.1, 0.15) is 0 Å². The molecule has 3 rings (SSSR count). The van der Waals surface area contributed by atoms with Crippen LogP contribution >= 0.6 is 0 Å². The van der Waals surface area contributed by atoms with Crippen molar-refractivity contribution in [3.63, 3.8) is 0 Å². The molecule has 1 aromatic rings. The summed E-state index contributed by atoms with van der Waals surface area (Å²) in [4.78, 5) is 15.2. The lowest BCUT2D eigenvalue weighted by molar-refractivity contribution is -0.384. The average Bonchev–Trinajstić information content (AvgIpc) is 2.65.